The zero-order valence-electron chi connectivity index (χ0n) is 30.7. The monoisotopic (exact) mass is 760 g/mol. The lowest BCUT2D eigenvalue weighted by Gasteiger charge is -2.10. The average molecular weight is 761 g/mol. The van der Waals surface area contributed by atoms with Crippen LogP contribution in [0, 0.1) is 0 Å². The van der Waals surface area contributed by atoms with E-state index in [1.807, 2.05) is 84.1 Å². The summed E-state index contributed by atoms with van der Waals surface area (Å²) in [6.07, 6.45) is 0. The normalized spacial score (nSPS) is 12.1. The standard InChI is InChI=1S/C51H28N4O2S/c1-2-12-29(13-3-1)49-52-50(54-51(53-49)39-19-10-17-35-32-15-5-8-21-41(32)57-47(35)39)38-18-11-22-42-45(38)37-25-24-30(28-43(37)56-42)55-40-20-7-4-14-31(40)34-26-27-36-33-16-6-9-23-44(33)58-48(36)46(34)55/h1-28H. The zero-order valence-corrected chi connectivity index (χ0v) is 31.5. The molecule has 0 fully saturated rings. The van der Waals surface area contributed by atoms with Crippen molar-refractivity contribution in [2.75, 3.05) is 0 Å². The van der Waals surface area contributed by atoms with Crippen LogP contribution < -0.4 is 0 Å². The molecule has 8 aromatic carbocycles. The molecule has 0 unspecified atom stereocenters. The van der Waals surface area contributed by atoms with E-state index >= 15 is 0 Å². The number of hydrogen-bond donors (Lipinski definition) is 0. The van der Waals surface area contributed by atoms with Crippen molar-refractivity contribution in [3.8, 4) is 39.9 Å². The number of furan rings is 2. The minimum Gasteiger partial charge on any atom is -0.456 e. The van der Waals surface area contributed by atoms with Crippen molar-refractivity contribution in [3.05, 3.63) is 170 Å². The maximum absolute atomic E-state index is 6.74. The summed E-state index contributed by atoms with van der Waals surface area (Å²) < 4.78 is 18.2. The molecule has 5 aromatic heterocycles. The third-order valence-electron chi connectivity index (χ3n) is 11.5. The van der Waals surface area contributed by atoms with E-state index in [9.17, 15) is 0 Å². The van der Waals surface area contributed by atoms with Crippen LogP contribution in [0.3, 0.4) is 0 Å². The highest BCUT2D eigenvalue weighted by atomic mass is 32.1. The zero-order chi connectivity index (χ0) is 37.9. The molecule has 58 heavy (non-hydrogen) atoms. The van der Waals surface area contributed by atoms with Crippen molar-refractivity contribution in [1.29, 1.82) is 0 Å². The molecule has 270 valence electrons. The van der Waals surface area contributed by atoms with Gasteiger partial charge in [0.05, 0.1) is 21.3 Å². The Morgan fingerprint density at radius 2 is 1.10 bits per heavy atom. The molecule has 0 atom stereocenters. The predicted octanol–water partition coefficient (Wildman–Crippen LogP) is 14.1. The van der Waals surface area contributed by atoms with Crippen LogP contribution in [-0.2, 0) is 0 Å². The summed E-state index contributed by atoms with van der Waals surface area (Å²) in [4.78, 5) is 15.4. The van der Waals surface area contributed by atoms with Gasteiger partial charge >= 0.3 is 0 Å². The lowest BCUT2D eigenvalue weighted by Crippen LogP contribution is -2.00. The van der Waals surface area contributed by atoms with Gasteiger partial charge in [0.2, 0.25) is 0 Å². The summed E-state index contributed by atoms with van der Waals surface area (Å²) in [5.74, 6) is 1.68. The Balaban J connectivity index is 1.04. The highest BCUT2D eigenvalue weighted by Crippen LogP contribution is 2.44. The number of fused-ring (bicyclic) bond motifs is 13. The van der Waals surface area contributed by atoms with Crippen LogP contribution in [0.5, 0.6) is 0 Å². The Hall–Kier alpha value is -7.61. The van der Waals surface area contributed by atoms with Crippen LogP contribution >= 0.6 is 11.3 Å². The third kappa shape index (κ3) is 4.50. The van der Waals surface area contributed by atoms with Crippen LogP contribution in [0.15, 0.2) is 179 Å². The maximum Gasteiger partial charge on any atom is 0.167 e. The third-order valence-corrected chi connectivity index (χ3v) is 12.7. The van der Waals surface area contributed by atoms with E-state index in [1.54, 1.807) is 0 Å². The van der Waals surface area contributed by atoms with Crippen LogP contribution in [0.25, 0.3) is 126 Å². The Morgan fingerprint density at radius 1 is 0.431 bits per heavy atom. The summed E-state index contributed by atoms with van der Waals surface area (Å²) in [6, 6.07) is 58.9. The second-order valence-corrected chi connectivity index (χ2v) is 15.8. The lowest BCUT2D eigenvalue weighted by molar-refractivity contribution is 0.668. The van der Waals surface area contributed by atoms with Gasteiger partial charge in [-0.15, -0.1) is 11.3 Å². The van der Waals surface area contributed by atoms with Gasteiger partial charge in [0.1, 0.15) is 22.3 Å². The van der Waals surface area contributed by atoms with Gasteiger partial charge < -0.3 is 13.4 Å². The van der Waals surface area contributed by atoms with Crippen molar-refractivity contribution in [2.24, 2.45) is 0 Å². The highest BCUT2D eigenvalue weighted by Gasteiger charge is 2.22. The first-order valence-corrected chi connectivity index (χ1v) is 20.1. The molecule has 7 heteroatoms. The lowest BCUT2D eigenvalue weighted by atomic mass is 10.0. The molecule has 13 aromatic rings. The summed E-state index contributed by atoms with van der Waals surface area (Å²) in [5.41, 5.74) is 9.11. The van der Waals surface area contributed by atoms with Gasteiger partial charge in [-0.05, 0) is 42.5 Å². The van der Waals surface area contributed by atoms with Crippen molar-refractivity contribution in [2.45, 2.75) is 0 Å². The van der Waals surface area contributed by atoms with E-state index in [4.69, 9.17) is 23.8 Å². The molecule has 0 radical (unpaired) electrons. The van der Waals surface area contributed by atoms with Crippen molar-refractivity contribution < 1.29 is 8.83 Å². The maximum atomic E-state index is 6.74. The van der Waals surface area contributed by atoms with E-state index in [2.05, 4.69) is 102 Å². The quantitative estimate of drug-likeness (QED) is 0.179. The number of aromatic nitrogens is 4. The molecule has 6 nitrogen and oxygen atoms in total. The van der Waals surface area contributed by atoms with Crippen LogP contribution in [0.4, 0.5) is 0 Å². The van der Waals surface area contributed by atoms with Gasteiger partial charge in [0.15, 0.2) is 17.5 Å². The first-order chi connectivity index (χ1) is 28.7. The van der Waals surface area contributed by atoms with E-state index in [1.165, 1.54) is 36.5 Å². The fraction of sp³-hybridized carbons (Fsp3) is 0. The van der Waals surface area contributed by atoms with Crippen LogP contribution in [0.2, 0.25) is 0 Å². The van der Waals surface area contributed by atoms with Crippen molar-refractivity contribution >= 4 is 97.2 Å². The van der Waals surface area contributed by atoms with Crippen LogP contribution in [-0.4, -0.2) is 19.5 Å². The molecule has 5 heterocycles. The summed E-state index contributed by atoms with van der Waals surface area (Å²) in [5, 5.41) is 9.04. The molecule has 0 aliphatic rings. The SMILES string of the molecule is c1ccc(-c2nc(-c3cccc4c3oc3ccccc34)nc(-c3cccc4oc5cc(-n6c7ccccc7c7ccc8c9ccccc9sc8c76)ccc5c34)n2)cc1. The Bertz CT molecular complexity index is 3820. The molecule has 0 aliphatic carbocycles. The minimum absolute atomic E-state index is 0.541. The Morgan fingerprint density at radius 3 is 2.02 bits per heavy atom. The molecule has 13 rings (SSSR count). The number of rotatable bonds is 4. The van der Waals surface area contributed by atoms with E-state index in [0.717, 1.165) is 71.8 Å². The second-order valence-electron chi connectivity index (χ2n) is 14.7. The molecular formula is C51H28N4O2S. The molecule has 0 aliphatic heterocycles. The van der Waals surface area contributed by atoms with Gasteiger partial charge in [0.25, 0.3) is 0 Å². The minimum atomic E-state index is 0.541. The fourth-order valence-corrected chi connectivity index (χ4v) is 10.1. The smallest absolute Gasteiger partial charge is 0.167 e. The Labute approximate surface area is 333 Å². The van der Waals surface area contributed by atoms with E-state index in [-0.39, 0.29) is 0 Å². The first-order valence-electron chi connectivity index (χ1n) is 19.3. The fourth-order valence-electron chi connectivity index (χ4n) is 8.90. The first kappa shape index (κ1) is 31.6. The number of nitrogens with zero attached hydrogens (tertiary/aromatic N) is 4. The summed E-state index contributed by atoms with van der Waals surface area (Å²) in [6.45, 7) is 0. The highest BCUT2D eigenvalue weighted by molar-refractivity contribution is 7.26. The van der Waals surface area contributed by atoms with Gasteiger partial charge in [-0.2, -0.15) is 0 Å². The molecule has 0 saturated carbocycles. The average Bonchev–Trinajstić information content (AvgIpc) is 4.05. The molecule has 0 amide bonds. The van der Waals surface area contributed by atoms with Gasteiger partial charge in [-0.25, -0.2) is 15.0 Å². The number of benzene rings is 8. The Kier molecular flexibility index (Phi) is 6.50. The number of hydrogen-bond acceptors (Lipinski definition) is 6. The molecule has 0 saturated heterocycles. The molecule has 0 spiro atoms. The largest absolute Gasteiger partial charge is 0.456 e. The van der Waals surface area contributed by atoms with Crippen LogP contribution in [0.1, 0.15) is 0 Å². The molecular weight excluding hydrogens is 733 g/mol. The number of para-hydroxylation sites is 3. The van der Waals surface area contributed by atoms with Gasteiger partial charge in [-0.3, -0.25) is 0 Å². The molecule has 0 bridgehead atoms. The second kappa shape index (κ2) is 11.9. The van der Waals surface area contributed by atoms with Crippen molar-refractivity contribution in [1.82, 2.24) is 19.5 Å². The van der Waals surface area contributed by atoms with Crippen molar-refractivity contribution in [3.63, 3.8) is 0 Å². The molecule has 0 N–H and O–H groups in total. The summed E-state index contributed by atoms with van der Waals surface area (Å²) in [7, 11) is 0. The van der Waals surface area contributed by atoms with Gasteiger partial charge in [0, 0.05) is 70.7 Å². The number of thiophene rings is 1. The summed E-state index contributed by atoms with van der Waals surface area (Å²) >= 11 is 1.85. The van der Waals surface area contributed by atoms with E-state index < -0.39 is 0 Å². The topological polar surface area (TPSA) is 69.9 Å². The predicted molar refractivity (Wildman–Crippen MR) is 238 cm³/mol. The van der Waals surface area contributed by atoms with Gasteiger partial charge in [-0.1, -0.05) is 121 Å². The van der Waals surface area contributed by atoms with E-state index in [0.29, 0.717) is 17.5 Å².